The Morgan fingerprint density at radius 1 is 0.882 bits per heavy atom. The van der Waals surface area contributed by atoms with Crippen molar-refractivity contribution in [1.82, 2.24) is 34.7 Å². The van der Waals surface area contributed by atoms with Crippen LogP contribution < -0.4 is 4.90 Å². The number of nitrogens with zero attached hydrogens (tertiary/aromatic N) is 8. The summed E-state index contributed by atoms with van der Waals surface area (Å²) in [6.45, 7) is 6.37. The highest BCUT2D eigenvalue weighted by Gasteiger charge is 2.26. The molecule has 5 rings (SSSR count). The summed E-state index contributed by atoms with van der Waals surface area (Å²) >= 11 is 0. The number of anilines is 1. The van der Waals surface area contributed by atoms with E-state index < -0.39 is 0 Å². The number of amides is 1. The third kappa shape index (κ3) is 4.14. The second kappa shape index (κ2) is 8.69. The van der Waals surface area contributed by atoms with Crippen LogP contribution in [0.1, 0.15) is 21.9 Å². The van der Waals surface area contributed by atoms with E-state index in [1.807, 2.05) is 36.9 Å². The average molecular weight is 461 g/mol. The molecule has 1 amide bonds. The van der Waals surface area contributed by atoms with E-state index in [0.717, 1.165) is 22.8 Å². The lowest BCUT2D eigenvalue weighted by Crippen LogP contribution is -2.49. The maximum atomic E-state index is 13.2. The topological polar surface area (TPSA) is 85.0 Å². The molecule has 0 unspecified atom stereocenters. The highest BCUT2D eigenvalue weighted by molar-refractivity contribution is 5.94. The SMILES string of the molecule is Cc1cc(C)n(-c2ccc(N3CCN(C(=O)c4cc(-c5ccc(F)cc5)nn4C)CC3)nn2)n1. The van der Waals surface area contributed by atoms with Crippen LogP contribution in [0, 0.1) is 19.7 Å². The summed E-state index contributed by atoms with van der Waals surface area (Å²) in [4.78, 5) is 17.1. The Hall–Kier alpha value is -4.08. The first-order chi connectivity index (χ1) is 16.4. The number of hydrogen-bond acceptors (Lipinski definition) is 6. The van der Waals surface area contributed by atoms with E-state index in [0.29, 0.717) is 43.4 Å². The monoisotopic (exact) mass is 460 g/mol. The van der Waals surface area contributed by atoms with Gasteiger partial charge in [-0.25, -0.2) is 9.07 Å². The quantitative estimate of drug-likeness (QED) is 0.466. The van der Waals surface area contributed by atoms with Crippen molar-refractivity contribution in [3.63, 3.8) is 0 Å². The van der Waals surface area contributed by atoms with Crippen molar-refractivity contribution in [3.05, 3.63) is 71.4 Å². The first-order valence-corrected chi connectivity index (χ1v) is 11.1. The highest BCUT2D eigenvalue weighted by Crippen LogP contribution is 2.21. The normalized spacial score (nSPS) is 14.0. The van der Waals surface area contributed by atoms with Gasteiger partial charge in [-0.2, -0.15) is 10.2 Å². The van der Waals surface area contributed by atoms with Gasteiger partial charge >= 0.3 is 0 Å². The Balaban J connectivity index is 1.24. The molecule has 0 bridgehead atoms. The van der Waals surface area contributed by atoms with E-state index in [4.69, 9.17) is 0 Å². The van der Waals surface area contributed by atoms with Crippen LogP contribution >= 0.6 is 0 Å². The molecular formula is C24H25FN8O. The van der Waals surface area contributed by atoms with Crippen LogP contribution in [0.4, 0.5) is 10.2 Å². The van der Waals surface area contributed by atoms with Crippen molar-refractivity contribution in [3.8, 4) is 17.1 Å². The smallest absolute Gasteiger partial charge is 0.272 e. The van der Waals surface area contributed by atoms with E-state index in [-0.39, 0.29) is 11.7 Å². The number of rotatable bonds is 4. The van der Waals surface area contributed by atoms with Gasteiger partial charge in [0, 0.05) is 44.5 Å². The van der Waals surface area contributed by atoms with Gasteiger partial charge in [-0.1, -0.05) is 0 Å². The van der Waals surface area contributed by atoms with Gasteiger partial charge in [-0.15, -0.1) is 10.2 Å². The molecule has 0 spiro atoms. The van der Waals surface area contributed by atoms with Crippen molar-refractivity contribution in [2.75, 3.05) is 31.1 Å². The average Bonchev–Trinajstić information content (AvgIpc) is 3.40. The van der Waals surface area contributed by atoms with Gasteiger partial charge in [0.2, 0.25) is 0 Å². The number of aryl methyl sites for hydroxylation is 3. The third-order valence-electron chi connectivity index (χ3n) is 5.99. The minimum atomic E-state index is -0.306. The predicted octanol–water partition coefficient (Wildman–Crippen LogP) is 2.78. The van der Waals surface area contributed by atoms with Crippen LogP contribution in [0.25, 0.3) is 17.1 Å². The predicted molar refractivity (Wildman–Crippen MR) is 125 cm³/mol. The molecule has 0 aliphatic carbocycles. The number of aromatic nitrogens is 6. The fraction of sp³-hybridized carbons (Fsp3) is 0.292. The van der Waals surface area contributed by atoms with E-state index in [2.05, 4.69) is 25.3 Å². The number of piperazine rings is 1. The molecular weight excluding hydrogens is 435 g/mol. The Kier molecular flexibility index (Phi) is 5.56. The largest absolute Gasteiger partial charge is 0.352 e. The number of hydrogen-bond donors (Lipinski definition) is 0. The fourth-order valence-corrected chi connectivity index (χ4v) is 4.19. The molecule has 0 radical (unpaired) electrons. The molecule has 34 heavy (non-hydrogen) atoms. The van der Waals surface area contributed by atoms with Crippen LogP contribution in [0.5, 0.6) is 0 Å². The molecule has 1 fully saturated rings. The number of carbonyl (C=O) groups excluding carboxylic acids is 1. The van der Waals surface area contributed by atoms with E-state index in [1.54, 1.807) is 34.6 Å². The summed E-state index contributed by atoms with van der Waals surface area (Å²) in [5.74, 6) is 1.07. The van der Waals surface area contributed by atoms with Crippen molar-refractivity contribution in [2.24, 2.45) is 7.05 Å². The first kappa shape index (κ1) is 21.7. The minimum absolute atomic E-state index is 0.0750. The molecule has 4 aromatic rings. The Bertz CT molecular complexity index is 1320. The zero-order valence-corrected chi connectivity index (χ0v) is 19.3. The zero-order valence-electron chi connectivity index (χ0n) is 19.3. The molecule has 0 atom stereocenters. The molecule has 1 aromatic carbocycles. The van der Waals surface area contributed by atoms with Gasteiger partial charge in [0.15, 0.2) is 11.6 Å². The molecule has 9 nitrogen and oxygen atoms in total. The maximum Gasteiger partial charge on any atom is 0.272 e. The Labute approximate surface area is 196 Å². The van der Waals surface area contributed by atoms with E-state index in [9.17, 15) is 9.18 Å². The third-order valence-corrected chi connectivity index (χ3v) is 5.99. The van der Waals surface area contributed by atoms with Gasteiger partial charge in [0.05, 0.1) is 11.4 Å². The van der Waals surface area contributed by atoms with Gasteiger partial charge in [0.25, 0.3) is 5.91 Å². The summed E-state index contributed by atoms with van der Waals surface area (Å²) in [5, 5.41) is 17.6. The number of benzene rings is 1. The lowest BCUT2D eigenvalue weighted by atomic mass is 10.1. The molecule has 3 aromatic heterocycles. The van der Waals surface area contributed by atoms with Crippen LogP contribution in [0.15, 0.2) is 48.5 Å². The molecule has 4 heterocycles. The van der Waals surface area contributed by atoms with Crippen LogP contribution in [0.2, 0.25) is 0 Å². The lowest BCUT2D eigenvalue weighted by Gasteiger charge is -2.35. The van der Waals surface area contributed by atoms with Crippen LogP contribution in [-0.4, -0.2) is 66.7 Å². The summed E-state index contributed by atoms with van der Waals surface area (Å²) in [6.07, 6.45) is 0. The van der Waals surface area contributed by atoms with Crippen molar-refractivity contribution in [2.45, 2.75) is 13.8 Å². The van der Waals surface area contributed by atoms with Gasteiger partial charge < -0.3 is 9.80 Å². The summed E-state index contributed by atoms with van der Waals surface area (Å²) < 4.78 is 16.6. The molecule has 1 aliphatic heterocycles. The summed E-state index contributed by atoms with van der Waals surface area (Å²) in [6, 6.07) is 13.7. The van der Waals surface area contributed by atoms with Crippen LogP contribution in [-0.2, 0) is 7.05 Å². The molecule has 1 saturated heterocycles. The van der Waals surface area contributed by atoms with Crippen molar-refractivity contribution >= 4 is 11.7 Å². The second-order valence-electron chi connectivity index (χ2n) is 8.41. The van der Waals surface area contributed by atoms with Gasteiger partial charge in [-0.05, 0) is 62.4 Å². The molecule has 0 N–H and O–H groups in total. The Morgan fingerprint density at radius 3 is 2.18 bits per heavy atom. The highest BCUT2D eigenvalue weighted by atomic mass is 19.1. The zero-order chi connectivity index (χ0) is 23.8. The molecule has 0 saturated carbocycles. The standard InChI is InChI=1S/C24H25FN8O/c1-16-14-17(2)33(28-16)23-9-8-22(26-27-23)31-10-12-32(13-11-31)24(34)21-15-20(29-30(21)3)18-4-6-19(25)7-5-18/h4-9,14-15H,10-13H2,1-3H3. The summed E-state index contributed by atoms with van der Waals surface area (Å²) in [7, 11) is 1.75. The first-order valence-electron chi connectivity index (χ1n) is 11.1. The maximum absolute atomic E-state index is 13.2. The minimum Gasteiger partial charge on any atom is -0.352 e. The van der Waals surface area contributed by atoms with Crippen molar-refractivity contribution < 1.29 is 9.18 Å². The van der Waals surface area contributed by atoms with E-state index >= 15 is 0 Å². The Morgan fingerprint density at radius 2 is 1.56 bits per heavy atom. The van der Waals surface area contributed by atoms with Crippen molar-refractivity contribution in [1.29, 1.82) is 0 Å². The molecule has 10 heteroatoms. The summed E-state index contributed by atoms with van der Waals surface area (Å²) in [5.41, 5.74) is 3.85. The van der Waals surface area contributed by atoms with Gasteiger partial charge in [0.1, 0.15) is 11.5 Å². The fourth-order valence-electron chi connectivity index (χ4n) is 4.19. The molecule has 174 valence electrons. The van der Waals surface area contributed by atoms with E-state index in [1.165, 1.54) is 12.1 Å². The van der Waals surface area contributed by atoms with Crippen LogP contribution in [0.3, 0.4) is 0 Å². The molecule has 1 aliphatic rings. The van der Waals surface area contributed by atoms with Gasteiger partial charge in [-0.3, -0.25) is 9.48 Å². The lowest BCUT2D eigenvalue weighted by molar-refractivity contribution is 0.0735. The second-order valence-corrected chi connectivity index (χ2v) is 8.41. The number of halogens is 1. The number of carbonyl (C=O) groups is 1.